The first kappa shape index (κ1) is 10.2. The van der Waals surface area contributed by atoms with Crippen molar-refractivity contribution in [3.63, 3.8) is 0 Å². The van der Waals surface area contributed by atoms with Gasteiger partial charge in [0.1, 0.15) is 0 Å². The quantitative estimate of drug-likeness (QED) is 0.790. The molecular weight excluding hydrogens is 234 g/mol. The van der Waals surface area contributed by atoms with E-state index in [-0.39, 0.29) is 0 Å². The van der Waals surface area contributed by atoms with Crippen LogP contribution in [0, 0.1) is 0 Å². The molecule has 0 amide bonds. The summed E-state index contributed by atoms with van der Waals surface area (Å²) < 4.78 is 0. The lowest BCUT2D eigenvalue weighted by Crippen LogP contribution is -2.29. The third kappa shape index (κ3) is 3.70. The van der Waals surface area contributed by atoms with Gasteiger partial charge in [-0.1, -0.05) is 15.9 Å². The van der Waals surface area contributed by atoms with E-state index in [1.165, 1.54) is 5.56 Å². The highest BCUT2D eigenvalue weighted by molar-refractivity contribution is 9.09. The van der Waals surface area contributed by atoms with E-state index in [0.717, 1.165) is 18.3 Å². The van der Waals surface area contributed by atoms with Crippen molar-refractivity contribution in [3.8, 4) is 0 Å². The molecule has 1 nitrogen and oxygen atoms in total. The third-order valence-electron chi connectivity index (χ3n) is 1.72. The molecule has 0 bridgehead atoms. The van der Waals surface area contributed by atoms with Crippen LogP contribution in [0.5, 0.6) is 0 Å². The molecule has 1 N–H and O–H groups in total. The van der Waals surface area contributed by atoms with Crippen molar-refractivity contribution >= 4 is 27.3 Å². The molecule has 0 spiro atoms. The standard InChI is InChI=1S/C9H14BrNS/c1-8(6-10)11-4-2-9-3-5-12-7-9/h3,5,7-8,11H,2,4,6H2,1H3. The second kappa shape index (κ2) is 5.73. The van der Waals surface area contributed by atoms with Crippen molar-refractivity contribution in [1.29, 1.82) is 0 Å². The zero-order valence-electron chi connectivity index (χ0n) is 7.22. The van der Waals surface area contributed by atoms with Crippen LogP contribution in [0.2, 0.25) is 0 Å². The summed E-state index contributed by atoms with van der Waals surface area (Å²) in [6, 6.07) is 2.76. The Bertz CT molecular complexity index is 198. The molecule has 0 radical (unpaired) electrons. The van der Waals surface area contributed by atoms with E-state index >= 15 is 0 Å². The van der Waals surface area contributed by atoms with Crippen LogP contribution in [0.15, 0.2) is 16.8 Å². The Balaban J connectivity index is 2.11. The van der Waals surface area contributed by atoms with Crippen LogP contribution in [0.1, 0.15) is 12.5 Å². The Morgan fingerprint density at radius 1 is 1.67 bits per heavy atom. The van der Waals surface area contributed by atoms with Gasteiger partial charge in [-0.05, 0) is 42.3 Å². The summed E-state index contributed by atoms with van der Waals surface area (Å²) in [6.07, 6.45) is 1.14. The highest BCUT2D eigenvalue weighted by Crippen LogP contribution is 2.05. The number of alkyl halides is 1. The van der Waals surface area contributed by atoms with Crippen molar-refractivity contribution in [2.45, 2.75) is 19.4 Å². The van der Waals surface area contributed by atoms with Crippen LogP contribution in [0.3, 0.4) is 0 Å². The average molecular weight is 248 g/mol. The third-order valence-corrected chi connectivity index (χ3v) is 3.42. The van der Waals surface area contributed by atoms with Crippen LogP contribution in [0.4, 0.5) is 0 Å². The summed E-state index contributed by atoms with van der Waals surface area (Å²) in [4.78, 5) is 0. The lowest BCUT2D eigenvalue weighted by molar-refractivity contribution is 0.600. The van der Waals surface area contributed by atoms with E-state index in [2.05, 4.69) is 45.0 Å². The van der Waals surface area contributed by atoms with Crippen LogP contribution < -0.4 is 5.32 Å². The van der Waals surface area contributed by atoms with Crippen molar-refractivity contribution in [1.82, 2.24) is 5.32 Å². The van der Waals surface area contributed by atoms with E-state index in [4.69, 9.17) is 0 Å². The minimum absolute atomic E-state index is 0.573. The maximum atomic E-state index is 3.43. The van der Waals surface area contributed by atoms with Crippen molar-refractivity contribution < 1.29 is 0 Å². The summed E-state index contributed by atoms with van der Waals surface area (Å²) in [5, 5.41) is 8.79. The summed E-state index contributed by atoms with van der Waals surface area (Å²) in [5.74, 6) is 0. The Hall–Kier alpha value is 0.140. The Labute approximate surface area is 86.3 Å². The largest absolute Gasteiger partial charge is 0.313 e. The molecule has 0 fully saturated rings. The number of hydrogen-bond donors (Lipinski definition) is 1. The van der Waals surface area contributed by atoms with E-state index in [1.54, 1.807) is 11.3 Å². The molecule has 1 atom stereocenters. The minimum Gasteiger partial charge on any atom is -0.313 e. The minimum atomic E-state index is 0.573. The molecule has 0 saturated carbocycles. The summed E-state index contributed by atoms with van der Waals surface area (Å²) in [5.41, 5.74) is 1.44. The molecule has 12 heavy (non-hydrogen) atoms. The Kier molecular flexibility index (Phi) is 4.88. The smallest absolute Gasteiger partial charge is 0.0183 e. The molecule has 0 aliphatic carbocycles. The van der Waals surface area contributed by atoms with E-state index < -0.39 is 0 Å². The lowest BCUT2D eigenvalue weighted by Gasteiger charge is -2.08. The molecule has 0 aromatic carbocycles. The topological polar surface area (TPSA) is 12.0 Å². The maximum Gasteiger partial charge on any atom is 0.0183 e. The number of nitrogens with one attached hydrogen (secondary N) is 1. The van der Waals surface area contributed by atoms with Crippen LogP contribution in [-0.4, -0.2) is 17.9 Å². The highest BCUT2D eigenvalue weighted by Gasteiger charge is 1.97. The van der Waals surface area contributed by atoms with E-state index in [0.29, 0.717) is 6.04 Å². The number of halogens is 1. The normalized spacial score (nSPS) is 13.2. The highest BCUT2D eigenvalue weighted by atomic mass is 79.9. The summed E-state index contributed by atoms with van der Waals surface area (Å²) >= 11 is 5.20. The first-order valence-corrected chi connectivity index (χ1v) is 6.20. The van der Waals surface area contributed by atoms with Crippen LogP contribution in [0.25, 0.3) is 0 Å². The zero-order chi connectivity index (χ0) is 8.81. The SMILES string of the molecule is CC(CBr)NCCc1ccsc1. The van der Waals surface area contributed by atoms with Crippen LogP contribution >= 0.6 is 27.3 Å². The van der Waals surface area contributed by atoms with Crippen LogP contribution in [-0.2, 0) is 6.42 Å². The van der Waals surface area contributed by atoms with Crippen molar-refractivity contribution in [3.05, 3.63) is 22.4 Å². The summed E-state index contributed by atoms with van der Waals surface area (Å²) in [6.45, 7) is 3.26. The zero-order valence-corrected chi connectivity index (χ0v) is 9.62. The molecule has 1 unspecified atom stereocenters. The van der Waals surface area contributed by atoms with Gasteiger partial charge in [-0.25, -0.2) is 0 Å². The maximum absolute atomic E-state index is 3.43. The van der Waals surface area contributed by atoms with Gasteiger partial charge < -0.3 is 5.32 Å². The lowest BCUT2D eigenvalue weighted by atomic mass is 10.2. The van der Waals surface area contributed by atoms with Gasteiger partial charge in [-0.3, -0.25) is 0 Å². The number of thiophene rings is 1. The molecule has 1 aromatic rings. The Morgan fingerprint density at radius 3 is 3.08 bits per heavy atom. The van der Waals surface area contributed by atoms with Gasteiger partial charge in [0.2, 0.25) is 0 Å². The predicted octanol–water partition coefficient (Wildman–Crippen LogP) is 2.66. The molecule has 0 aliphatic rings. The molecule has 0 saturated heterocycles. The van der Waals surface area contributed by atoms with Gasteiger partial charge >= 0.3 is 0 Å². The van der Waals surface area contributed by atoms with Crippen molar-refractivity contribution in [2.75, 3.05) is 11.9 Å². The van der Waals surface area contributed by atoms with Gasteiger partial charge in [-0.15, -0.1) is 0 Å². The number of hydrogen-bond acceptors (Lipinski definition) is 2. The van der Waals surface area contributed by atoms with Crippen molar-refractivity contribution in [2.24, 2.45) is 0 Å². The number of rotatable bonds is 5. The van der Waals surface area contributed by atoms with Gasteiger partial charge in [0.05, 0.1) is 0 Å². The summed E-state index contributed by atoms with van der Waals surface area (Å²) in [7, 11) is 0. The molecule has 0 aliphatic heterocycles. The molecule has 1 heterocycles. The first-order chi connectivity index (χ1) is 5.83. The average Bonchev–Trinajstić information content (AvgIpc) is 2.57. The molecule has 1 rings (SSSR count). The van der Waals surface area contributed by atoms with E-state index in [1.807, 2.05) is 0 Å². The second-order valence-corrected chi connectivity index (χ2v) is 4.32. The molecular formula is C9H14BrNS. The monoisotopic (exact) mass is 247 g/mol. The van der Waals surface area contributed by atoms with Gasteiger partial charge in [-0.2, -0.15) is 11.3 Å². The Morgan fingerprint density at radius 2 is 2.50 bits per heavy atom. The fraction of sp³-hybridized carbons (Fsp3) is 0.556. The van der Waals surface area contributed by atoms with Gasteiger partial charge in [0, 0.05) is 11.4 Å². The molecule has 3 heteroatoms. The van der Waals surface area contributed by atoms with E-state index in [9.17, 15) is 0 Å². The predicted molar refractivity (Wildman–Crippen MR) is 59.3 cm³/mol. The fourth-order valence-electron chi connectivity index (χ4n) is 0.952. The second-order valence-electron chi connectivity index (χ2n) is 2.89. The fourth-order valence-corrected chi connectivity index (χ4v) is 1.88. The molecule has 1 aromatic heterocycles. The van der Waals surface area contributed by atoms with Gasteiger partial charge in [0.15, 0.2) is 0 Å². The molecule has 68 valence electrons. The van der Waals surface area contributed by atoms with Gasteiger partial charge in [0.25, 0.3) is 0 Å². The first-order valence-electron chi connectivity index (χ1n) is 4.13.